The molecule has 0 spiro atoms. The molecule has 4 N–H and O–H groups in total. The van der Waals surface area contributed by atoms with Crippen LogP contribution in [0.5, 0.6) is 0 Å². The van der Waals surface area contributed by atoms with Crippen LogP contribution in [0.15, 0.2) is 23.1 Å². The van der Waals surface area contributed by atoms with E-state index in [9.17, 15) is 18.5 Å². The molecule has 1 rings (SSSR count). The summed E-state index contributed by atoms with van der Waals surface area (Å²) in [6, 6.07) is 3.61. The van der Waals surface area contributed by atoms with Crippen molar-refractivity contribution in [3.05, 3.63) is 28.3 Å². The number of nitrogens with two attached hydrogens (primary N) is 1. The molecule has 0 aliphatic rings. The number of benzene rings is 1. The van der Waals surface area contributed by atoms with E-state index in [1.807, 2.05) is 6.92 Å². The number of sulfonamides is 1. The van der Waals surface area contributed by atoms with Gasteiger partial charge in [-0.2, -0.15) is 0 Å². The Morgan fingerprint density at radius 2 is 2.05 bits per heavy atom. The molecule has 0 bridgehead atoms. The summed E-state index contributed by atoms with van der Waals surface area (Å²) in [5.74, 6) is 5.15. The number of nitro benzene ring substituents is 1. The quantitative estimate of drug-likeness (QED) is 0.288. The van der Waals surface area contributed by atoms with Crippen LogP contribution < -0.4 is 16.0 Å². The number of nitrogen functional groups attached to an aromatic ring is 1. The van der Waals surface area contributed by atoms with Gasteiger partial charge in [0.1, 0.15) is 0 Å². The van der Waals surface area contributed by atoms with Crippen molar-refractivity contribution >= 4 is 21.4 Å². The summed E-state index contributed by atoms with van der Waals surface area (Å²) in [5.41, 5.74) is 2.00. The highest BCUT2D eigenvalue weighted by Gasteiger charge is 2.25. The molecule has 0 unspecified atom stereocenters. The van der Waals surface area contributed by atoms with Crippen LogP contribution in [0.3, 0.4) is 0 Å². The van der Waals surface area contributed by atoms with Gasteiger partial charge in [0.05, 0.1) is 10.6 Å². The molecular weight excluding hydrogens is 284 g/mol. The molecular formula is C11H18N4O4S. The van der Waals surface area contributed by atoms with Gasteiger partial charge >= 0.3 is 0 Å². The van der Waals surface area contributed by atoms with Crippen LogP contribution in [-0.2, 0) is 10.0 Å². The minimum Gasteiger partial charge on any atom is -0.324 e. The first kappa shape index (κ1) is 16.3. The topological polar surface area (TPSA) is 127 Å². The zero-order valence-electron chi connectivity index (χ0n) is 11.1. The van der Waals surface area contributed by atoms with Crippen molar-refractivity contribution in [3.63, 3.8) is 0 Å². The minimum atomic E-state index is -3.90. The molecule has 0 amide bonds. The van der Waals surface area contributed by atoms with E-state index in [2.05, 4.69) is 10.1 Å². The Labute approximate surface area is 117 Å². The molecule has 0 saturated carbocycles. The van der Waals surface area contributed by atoms with Crippen LogP contribution in [0.1, 0.15) is 26.2 Å². The highest BCUT2D eigenvalue weighted by Crippen LogP contribution is 2.26. The molecule has 0 aliphatic heterocycles. The second-order valence-electron chi connectivity index (χ2n) is 4.19. The van der Waals surface area contributed by atoms with Crippen LogP contribution >= 0.6 is 0 Å². The lowest BCUT2D eigenvalue weighted by Crippen LogP contribution is -2.25. The standard InChI is InChI=1S/C11H18N4O4S/c1-2-3-4-7-13-20(18,19)11-6-5-9(14-12)8-10(11)15(16)17/h5-6,8,13-14H,2-4,7,12H2,1H3. The van der Waals surface area contributed by atoms with Crippen molar-refractivity contribution in [2.24, 2.45) is 5.84 Å². The van der Waals surface area contributed by atoms with Crippen molar-refractivity contribution in [2.45, 2.75) is 31.1 Å². The fraction of sp³-hybridized carbons (Fsp3) is 0.455. The van der Waals surface area contributed by atoms with Gasteiger partial charge in [0.2, 0.25) is 10.0 Å². The van der Waals surface area contributed by atoms with Gasteiger partial charge in [-0.05, 0) is 18.6 Å². The number of anilines is 1. The fourth-order valence-corrected chi connectivity index (χ4v) is 2.86. The van der Waals surface area contributed by atoms with E-state index >= 15 is 0 Å². The average Bonchev–Trinajstić information content (AvgIpc) is 2.42. The zero-order chi connectivity index (χ0) is 15.2. The van der Waals surface area contributed by atoms with Gasteiger partial charge in [0.25, 0.3) is 5.69 Å². The van der Waals surface area contributed by atoms with Gasteiger partial charge < -0.3 is 5.43 Å². The lowest BCUT2D eigenvalue weighted by Gasteiger charge is -2.08. The molecule has 1 aromatic rings. The number of unbranched alkanes of at least 4 members (excludes halogenated alkanes) is 2. The Bertz CT molecular complexity index is 574. The normalized spacial score (nSPS) is 11.3. The molecule has 20 heavy (non-hydrogen) atoms. The molecule has 8 nitrogen and oxygen atoms in total. The molecule has 1 aromatic carbocycles. The number of rotatable bonds is 8. The van der Waals surface area contributed by atoms with Crippen LogP contribution in [0, 0.1) is 10.1 Å². The summed E-state index contributed by atoms with van der Waals surface area (Å²) in [7, 11) is -3.90. The van der Waals surface area contributed by atoms with Crippen LogP contribution in [0.2, 0.25) is 0 Å². The second-order valence-corrected chi connectivity index (χ2v) is 5.92. The molecule has 0 atom stereocenters. The van der Waals surface area contributed by atoms with Gasteiger partial charge in [0.15, 0.2) is 4.90 Å². The zero-order valence-corrected chi connectivity index (χ0v) is 11.9. The van der Waals surface area contributed by atoms with E-state index in [1.165, 1.54) is 6.07 Å². The van der Waals surface area contributed by atoms with Crippen molar-refractivity contribution < 1.29 is 13.3 Å². The number of hydrogen-bond donors (Lipinski definition) is 3. The SMILES string of the molecule is CCCCCNS(=O)(=O)c1ccc(NN)cc1[N+](=O)[O-]. The van der Waals surface area contributed by atoms with Gasteiger partial charge in [-0.25, -0.2) is 13.1 Å². The number of nitrogens with one attached hydrogen (secondary N) is 2. The Kier molecular flexibility index (Phi) is 5.86. The largest absolute Gasteiger partial charge is 0.324 e. The third kappa shape index (κ3) is 4.15. The Balaban J connectivity index is 3.02. The first-order valence-electron chi connectivity index (χ1n) is 6.17. The molecule has 0 saturated heterocycles. The average molecular weight is 302 g/mol. The third-order valence-electron chi connectivity index (χ3n) is 2.68. The molecule has 9 heteroatoms. The maximum Gasteiger partial charge on any atom is 0.291 e. The van der Waals surface area contributed by atoms with E-state index in [1.54, 1.807) is 0 Å². The maximum absolute atomic E-state index is 12.1. The Morgan fingerprint density at radius 3 is 2.60 bits per heavy atom. The summed E-state index contributed by atoms with van der Waals surface area (Å²) in [4.78, 5) is 9.85. The summed E-state index contributed by atoms with van der Waals surface area (Å²) in [5, 5.41) is 11.0. The minimum absolute atomic E-state index is 0.254. The number of hydrogen-bond acceptors (Lipinski definition) is 6. The highest BCUT2D eigenvalue weighted by molar-refractivity contribution is 7.89. The van der Waals surface area contributed by atoms with E-state index in [0.717, 1.165) is 25.0 Å². The van der Waals surface area contributed by atoms with Gasteiger partial charge in [-0.1, -0.05) is 19.8 Å². The van der Waals surface area contributed by atoms with Crippen LogP contribution in [0.4, 0.5) is 11.4 Å². The number of hydrazine groups is 1. The Morgan fingerprint density at radius 1 is 1.35 bits per heavy atom. The molecule has 0 fully saturated rings. The predicted molar refractivity (Wildman–Crippen MR) is 75.6 cm³/mol. The summed E-state index contributed by atoms with van der Waals surface area (Å²) >= 11 is 0. The van der Waals surface area contributed by atoms with Gasteiger partial charge in [-0.3, -0.25) is 16.0 Å². The van der Waals surface area contributed by atoms with E-state index in [4.69, 9.17) is 5.84 Å². The first-order valence-corrected chi connectivity index (χ1v) is 7.65. The second kappa shape index (κ2) is 7.17. The van der Waals surface area contributed by atoms with E-state index < -0.39 is 20.6 Å². The van der Waals surface area contributed by atoms with Gasteiger partial charge in [-0.15, -0.1) is 0 Å². The van der Waals surface area contributed by atoms with Crippen LogP contribution in [0.25, 0.3) is 0 Å². The lowest BCUT2D eigenvalue weighted by atomic mass is 10.3. The smallest absolute Gasteiger partial charge is 0.291 e. The van der Waals surface area contributed by atoms with Crippen molar-refractivity contribution in [1.82, 2.24) is 4.72 Å². The van der Waals surface area contributed by atoms with Crippen molar-refractivity contribution in [3.8, 4) is 0 Å². The molecule has 0 aliphatic carbocycles. The number of nitrogens with zero attached hydrogens (tertiary/aromatic N) is 1. The first-order chi connectivity index (χ1) is 9.42. The Hall–Kier alpha value is -1.71. The molecule has 0 heterocycles. The fourth-order valence-electron chi connectivity index (χ4n) is 1.64. The summed E-state index contributed by atoms with van der Waals surface area (Å²) in [6.07, 6.45) is 2.53. The molecule has 112 valence electrons. The molecule has 0 radical (unpaired) electrons. The van der Waals surface area contributed by atoms with E-state index in [0.29, 0.717) is 6.42 Å². The van der Waals surface area contributed by atoms with Gasteiger partial charge in [0, 0.05) is 12.6 Å². The van der Waals surface area contributed by atoms with Crippen LogP contribution in [-0.4, -0.2) is 19.9 Å². The summed E-state index contributed by atoms with van der Waals surface area (Å²) < 4.78 is 26.5. The maximum atomic E-state index is 12.1. The number of nitro groups is 1. The third-order valence-corrected chi connectivity index (χ3v) is 4.19. The molecule has 0 aromatic heterocycles. The highest BCUT2D eigenvalue weighted by atomic mass is 32.2. The lowest BCUT2D eigenvalue weighted by molar-refractivity contribution is -0.387. The van der Waals surface area contributed by atoms with Crippen molar-refractivity contribution in [1.29, 1.82) is 0 Å². The van der Waals surface area contributed by atoms with Crippen molar-refractivity contribution in [2.75, 3.05) is 12.0 Å². The monoisotopic (exact) mass is 302 g/mol. The van der Waals surface area contributed by atoms with E-state index in [-0.39, 0.29) is 17.1 Å². The summed E-state index contributed by atoms with van der Waals surface area (Å²) in [6.45, 7) is 2.25. The predicted octanol–water partition coefficient (Wildman–Crippen LogP) is 1.35.